The lowest BCUT2D eigenvalue weighted by atomic mass is 9.82. The molecule has 1 saturated carbocycles. The predicted molar refractivity (Wildman–Crippen MR) is 89.6 cm³/mol. The van der Waals surface area contributed by atoms with E-state index >= 15 is 0 Å². The van der Waals surface area contributed by atoms with Crippen molar-refractivity contribution in [3.63, 3.8) is 0 Å². The smallest absolute Gasteiger partial charge is 0.128 e. The van der Waals surface area contributed by atoms with Crippen molar-refractivity contribution in [2.45, 2.75) is 50.7 Å². The summed E-state index contributed by atoms with van der Waals surface area (Å²) in [4.78, 5) is 4.31. The lowest BCUT2D eigenvalue weighted by Crippen LogP contribution is -2.26. The molecule has 2 heterocycles. The molecule has 0 amide bonds. The van der Waals surface area contributed by atoms with Crippen LogP contribution in [-0.2, 0) is 0 Å². The largest absolute Gasteiger partial charge is 0.496 e. The van der Waals surface area contributed by atoms with Crippen LogP contribution in [0.25, 0.3) is 11.3 Å². The Hall–Kier alpha value is -1.81. The first-order valence-electron chi connectivity index (χ1n) is 8.66. The standard InChI is InChI=1S/C19H24N2O2/c1-23-18-9-5-8-14-15(21-12-20-11-16(21)19(14)18)10-17(22)13-6-3-2-4-7-13/h5,8-9,11-13,15,17,22H,2-4,6-7,10H2,1H3. The van der Waals surface area contributed by atoms with Gasteiger partial charge in [0.15, 0.2) is 0 Å². The normalized spacial score (nSPS) is 21.7. The van der Waals surface area contributed by atoms with Gasteiger partial charge in [0.25, 0.3) is 0 Å². The second-order valence-electron chi connectivity index (χ2n) is 6.83. The van der Waals surface area contributed by atoms with Crippen molar-refractivity contribution in [3.05, 3.63) is 36.3 Å². The highest BCUT2D eigenvalue weighted by Crippen LogP contribution is 2.46. The number of hydrogen-bond acceptors (Lipinski definition) is 3. The molecule has 4 nitrogen and oxygen atoms in total. The molecule has 1 aromatic carbocycles. The molecule has 2 aromatic rings. The molecule has 4 rings (SSSR count). The Kier molecular flexibility index (Phi) is 3.85. The van der Waals surface area contributed by atoms with Crippen molar-refractivity contribution >= 4 is 0 Å². The molecule has 1 N–H and O–H groups in total. The minimum atomic E-state index is -0.243. The maximum atomic E-state index is 10.8. The van der Waals surface area contributed by atoms with Crippen LogP contribution in [0.15, 0.2) is 30.7 Å². The Balaban J connectivity index is 1.65. The number of ether oxygens (including phenoxy) is 1. The van der Waals surface area contributed by atoms with E-state index < -0.39 is 0 Å². The summed E-state index contributed by atoms with van der Waals surface area (Å²) in [6.45, 7) is 0. The van der Waals surface area contributed by atoms with E-state index in [9.17, 15) is 5.11 Å². The molecule has 0 bridgehead atoms. The van der Waals surface area contributed by atoms with Gasteiger partial charge in [-0.05, 0) is 36.8 Å². The zero-order chi connectivity index (χ0) is 15.8. The molecule has 2 atom stereocenters. The predicted octanol–water partition coefficient (Wildman–Crippen LogP) is 3.79. The lowest BCUT2D eigenvalue weighted by Gasteiger charge is -2.29. The minimum absolute atomic E-state index is 0.162. The molecule has 122 valence electrons. The third-order valence-electron chi connectivity index (χ3n) is 5.55. The monoisotopic (exact) mass is 312 g/mol. The van der Waals surface area contributed by atoms with Crippen LogP contribution in [0.4, 0.5) is 0 Å². The van der Waals surface area contributed by atoms with Gasteiger partial charge in [-0.2, -0.15) is 0 Å². The van der Waals surface area contributed by atoms with E-state index in [0.29, 0.717) is 5.92 Å². The molecule has 1 aromatic heterocycles. The summed E-state index contributed by atoms with van der Waals surface area (Å²) in [5.74, 6) is 1.34. The number of fused-ring (bicyclic) bond motifs is 3. The number of aromatic nitrogens is 2. The molecule has 1 fully saturated rings. The van der Waals surface area contributed by atoms with E-state index in [1.807, 2.05) is 24.7 Å². The second kappa shape index (κ2) is 6.00. The molecule has 1 aliphatic heterocycles. The molecule has 0 saturated heterocycles. The number of imidazole rings is 1. The highest BCUT2D eigenvalue weighted by molar-refractivity contribution is 5.75. The van der Waals surface area contributed by atoms with Crippen LogP contribution in [-0.4, -0.2) is 27.9 Å². The fourth-order valence-electron chi connectivity index (χ4n) is 4.35. The van der Waals surface area contributed by atoms with Gasteiger partial charge in [-0.25, -0.2) is 4.98 Å². The second-order valence-corrected chi connectivity index (χ2v) is 6.83. The van der Waals surface area contributed by atoms with Crippen LogP contribution in [0, 0.1) is 5.92 Å². The van der Waals surface area contributed by atoms with E-state index in [-0.39, 0.29) is 12.1 Å². The fourth-order valence-corrected chi connectivity index (χ4v) is 4.35. The van der Waals surface area contributed by atoms with Gasteiger partial charge in [-0.3, -0.25) is 0 Å². The Labute approximate surface area is 137 Å². The molecular weight excluding hydrogens is 288 g/mol. The van der Waals surface area contributed by atoms with Gasteiger partial charge in [-0.15, -0.1) is 0 Å². The van der Waals surface area contributed by atoms with Crippen molar-refractivity contribution in [1.29, 1.82) is 0 Å². The van der Waals surface area contributed by atoms with Gasteiger partial charge in [0.05, 0.1) is 37.5 Å². The molecular formula is C19H24N2O2. The van der Waals surface area contributed by atoms with Crippen molar-refractivity contribution in [1.82, 2.24) is 9.55 Å². The summed E-state index contributed by atoms with van der Waals surface area (Å²) in [5, 5.41) is 10.8. The number of methoxy groups -OCH3 is 1. The van der Waals surface area contributed by atoms with E-state index in [0.717, 1.165) is 36.3 Å². The highest BCUT2D eigenvalue weighted by Gasteiger charge is 2.34. The average Bonchev–Trinajstić information content (AvgIpc) is 3.18. The van der Waals surface area contributed by atoms with Crippen LogP contribution in [0.5, 0.6) is 5.75 Å². The number of benzene rings is 1. The maximum Gasteiger partial charge on any atom is 0.128 e. The summed E-state index contributed by atoms with van der Waals surface area (Å²) in [6.07, 6.45) is 10.5. The van der Waals surface area contributed by atoms with Gasteiger partial charge >= 0.3 is 0 Å². The third kappa shape index (κ3) is 2.45. The maximum absolute atomic E-state index is 10.8. The van der Waals surface area contributed by atoms with Crippen LogP contribution in [0.2, 0.25) is 0 Å². The van der Waals surface area contributed by atoms with Gasteiger partial charge in [0, 0.05) is 5.56 Å². The van der Waals surface area contributed by atoms with E-state index in [1.165, 1.54) is 24.8 Å². The number of nitrogens with zero attached hydrogens (tertiary/aromatic N) is 2. The summed E-state index contributed by atoms with van der Waals surface area (Å²) in [6, 6.07) is 6.35. The summed E-state index contributed by atoms with van der Waals surface area (Å²) >= 11 is 0. The first-order valence-corrected chi connectivity index (χ1v) is 8.66. The van der Waals surface area contributed by atoms with Crippen molar-refractivity contribution < 1.29 is 9.84 Å². The molecule has 2 unspecified atom stereocenters. The first-order chi connectivity index (χ1) is 11.3. The minimum Gasteiger partial charge on any atom is -0.496 e. The fraction of sp³-hybridized carbons (Fsp3) is 0.526. The quantitative estimate of drug-likeness (QED) is 0.934. The number of aliphatic hydroxyl groups excluding tert-OH is 1. The first kappa shape index (κ1) is 14.8. The van der Waals surface area contributed by atoms with E-state index in [2.05, 4.69) is 15.6 Å². The Morgan fingerprint density at radius 3 is 2.91 bits per heavy atom. The van der Waals surface area contributed by atoms with E-state index in [4.69, 9.17) is 4.74 Å². The highest BCUT2D eigenvalue weighted by atomic mass is 16.5. The molecule has 23 heavy (non-hydrogen) atoms. The third-order valence-corrected chi connectivity index (χ3v) is 5.55. The zero-order valence-electron chi connectivity index (χ0n) is 13.6. The molecule has 2 aliphatic rings. The van der Waals surface area contributed by atoms with Crippen LogP contribution in [0.3, 0.4) is 0 Å². The van der Waals surface area contributed by atoms with Crippen LogP contribution >= 0.6 is 0 Å². The van der Waals surface area contributed by atoms with Crippen molar-refractivity contribution in [3.8, 4) is 17.0 Å². The van der Waals surface area contributed by atoms with Gasteiger partial charge in [0.2, 0.25) is 0 Å². The van der Waals surface area contributed by atoms with Crippen molar-refractivity contribution in [2.24, 2.45) is 5.92 Å². The zero-order valence-corrected chi connectivity index (χ0v) is 13.6. The summed E-state index contributed by atoms with van der Waals surface area (Å²) in [7, 11) is 1.71. The van der Waals surface area contributed by atoms with Crippen LogP contribution < -0.4 is 4.74 Å². The van der Waals surface area contributed by atoms with Crippen molar-refractivity contribution in [2.75, 3.05) is 7.11 Å². The Morgan fingerprint density at radius 2 is 2.13 bits per heavy atom. The Bertz CT molecular complexity index is 688. The molecule has 1 aliphatic carbocycles. The average molecular weight is 312 g/mol. The number of rotatable bonds is 4. The van der Waals surface area contributed by atoms with Gasteiger partial charge < -0.3 is 14.4 Å². The molecule has 4 heteroatoms. The SMILES string of the molecule is COc1cccc2c1-c1cncn1C2CC(O)C1CCCCC1. The van der Waals surface area contributed by atoms with Crippen LogP contribution in [0.1, 0.15) is 50.1 Å². The van der Waals surface area contributed by atoms with E-state index in [1.54, 1.807) is 7.11 Å². The van der Waals surface area contributed by atoms with Gasteiger partial charge in [0.1, 0.15) is 5.75 Å². The lowest BCUT2D eigenvalue weighted by molar-refractivity contribution is 0.0686. The molecule has 0 radical (unpaired) electrons. The summed E-state index contributed by atoms with van der Waals surface area (Å²) in [5.41, 5.74) is 3.48. The molecule has 0 spiro atoms. The number of aliphatic hydroxyl groups is 1. The number of hydrogen-bond donors (Lipinski definition) is 1. The Morgan fingerprint density at radius 1 is 1.30 bits per heavy atom. The van der Waals surface area contributed by atoms with Gasteiger partial charge in [-0.1, -0.05) is 31.4 Å². The topological polar surface area (TPSA) is 47.3 Å². The summed E-state index contributed by atoms with van der Waals surface area (Å²) < 4.78 is 7.74.